The number of ether oxygens (including phenoxy) is 1. The summed E-state index contributed by atoms with van der Waals surface area (Å²) >= 11 is 0. The number of amides is 4. The monoisotopic (exact) mass is 536 g/mol. The summed E-state index contributed by atoms with van der Waals surface area (Å²) in [7, 11) is 0. The third-order valence-corrected chi connectivity index (χ3v) is 7.11. The van der Waals surface area contributed by atoms with Gasteiger partial charge in [0.1, 0.15) is 17.5 Å². The van der Waals surface area contributed by atoms with E-state index in [9.17, 15) is 14.4 Å². The Morgan fingerprint density at radius 1 is 1.05 bits per heavy atom. The highest BCUT2D eigenvalue weighted by molar-refractivity contribution is 6.03. The van der Waals surface area contributed by atoms with Crippen LogP contribution in [-0.2, 0) is 16.0 Å². The highest BCUT2D eigenvalue weighted by atomic mass is 16.5. The quantitative estimate of drug-likeness (QED) is 0.371. The molecule has 0 fully saturated rings. The van der Waals surface area contributed by atoms with Gasteiger partial charge in [0.2, 0.25) is 5.91 Å². The van der Waals surface area contributed by atoms with Gasteiger partial charge in [-0.1, -0.05) is 66.7 Å². The minimum Gasteiger partial charge on any atom is -0.457 e. The lowest BCUT2D eigenvalue weighted by Gasteiger charge is -2.33. The van der Waals surface area contributed by atoms with E-state index >= 15 is 0 Å². The van der Waals surface area contributed by atoms with Crippen LogP contribution in [0, 0.1) is 0 Å². The number of rotatable bonds is 10. The van der Waals surface area contributed by atoms with Gasteiger partial charge in [-0.3, -0.25) is 14.5 Å². The molecular formula is C32H32N4O4. The molecule has 8 nitrogen and oxygen atoms in total. The fraction of sp³-hybridized carbons (Fsp3) is 0.219. The van der Waals surface area contributed by atoms with E-state index in [4.69, 9.17) is 4.74 Å². The number of likely N-dealkylation sites (N-methyl/N-ethyl adjacent to an activating group) is 1. The number of hydrogen-bond donors (Lipinski definition) is 2. The van der Waals surface area contributed by atoms with Gasteiger partial charge in [0, 0.05) is 19.5 Å². The maximum Gasteiger partial charge on any atom is 0.322 e. The van der Waals surface area contributed by atoms with Crippen molar-refractivity contribution in [3.05, 3.63) is 120 Å². The van der Waals surface area contributed by atoms with Gasteiger partial charge in [-0.05, 0) is 42.3 Å². The summed E-state index contributed by atoms with van der Waals surface area (Å²) in [6, 6.07) is 24.6. The molecule has 2 heterocycles. The molecule has 0 unspecified atom stereocenters. The lowest BCUT2D eigenvalue weighted by molar-refractivity contribution is -0.136. The minimum absolute atomic E-state index is 0.158. The molecule has 2 aliphatic rings. The third kappa shape index (κ3) is 5.47. The average molecular weight is 537 g/mol. The number of para-hydroxylation sites is 1. The first-order chi connectivity index (χ1) is 19.5. The standard InChI is InChI=1S/C32H32N4O4/c1-3-18-33-30(37)26(19-22-12-7-5-8-13-22)36-21-27-28(31(36)38)29(34-32(39)35(27)4-2)23-14-11-17-25(20-23)40-24-15-9-6-10-16-24/h3,5-17,20,26,29H,1,4,18-19,21H2,2H3,(H,33,37)(H,34,39)/t26-,29+/m1/s1. The van der Waals surface area contributed by atoms with E-state index in [-0.39, 0.29) is 30.9 Å². The Morgan fingerprint density at radius 3 is 2.45 bits per heavy atom. The van der Waals surface area contributed by atoms with E-state index in [1.54, 1.807) is 15.9 Å². The Bertz CT molecular complexity index is 1440. The highest BCUT2D eigenvalue weighted by Crippen LogP contribution is 2.38. The molecule has 40 heavy (non-hydrogen) atoms. The predicted octanol–water partition coefficient (Wildman–Crippen LogP) is 4.57. The molecular weight excluding hydrogens is 504 g/mol. The van der Waals surface area contributed by atoms with Crippen LogP contribution in [-0.4, -0.2) is 53.3 Å². The zero-order valence-electron chi connectivity index (χ0n) is 22.4. The number of urea groups is 1. The first kappa shape index (κ1) is 26.7. The van der Waals surface area contributed by atoms with Crippen LogP contribution in [0.2, 0.25) is 0 Å². The van der Waals surface area contributed by atoms with Crippen LogP contribution in [0.1, 0.15) is 24.1 Å². The van der Waals surface area contributed by atoms with Gasteiger partial charge in [0.25, 0.3) is 5.91 Å². The van der Waals surface area contributed by atoms with Gasteiger partial charge in [-0.2, -0.15) is 0 Å². The van der Waals surface area contributed by atoms with E-state index < -0.39 is 12.1 Å². The second-order valence-electron chi connectivity index (χ2n) is 9.65. The maximum absolute atomic E-state index is 14.1. The van der Waals surface area contributed by atoms with Crippen molar-refractivity contribution in [1.82, 2.24) is 20.4 Å². The molecule has 0 spiro atoms. The largest absolute Gasteiger partial charge is 0.457 e. The molecule has 0 aromatic heterocycles. The van der Waals surface area contributed by atoms with Gasteiger partial charge < -0.3 is 20.3 Å². The van der Waals surface area contributed by atoms with Crippen LogP contribution in [0.15, 0.2) is 109 Å². The normalized spacial score (nSPS) is 17.3. The SMILES string of the molecule is C=CCNC(=O)[C@@H](Cc1ccccc1)N1CC2=C(C1=O)[C@H](c1cccc(Oc3ccccc3)c1)NC(=O)N2CC. The number of nitrogens with one attached hydrogen (secondary N) is 2. The van der Waals surface area contributed by atoms with E-state index in [1.807, 2.05) is 91.9 Å². The van der Waals surface area contributed by atoms with E-state index in [0.717, 1.165) is 11.1 Å². The molecule has 0 aliphatic carbocycles. The van der Waals surface area contributed by atoms with Crippen LogP contribution in [0.4, 0.5) is 4.79 Å². The first-order valence-corrected chi connectivity index (χ1v) is 13.4. The van der Waals surface area contributed by atoms with Crippen LogP contribution in [0.5, 0.6) is 11.5 Å². The van der Waals surface area contributed by atoms with E-state index in [1.165, 1.54) is 0 Å². The lowest BCUT2D eigenvalue weighted by Crippen LogP contribution is -2.50. The Labute approximate surface area is 233 Å². The number of nitrogens with zero attached hydrogens (tertiary/aromatic N) is 2. The lowest BCUT2D eigenvalue weighted by atomic mass is 9.95. The van der Waals surface area contributed by atoms with Crippen LogP contribution in [0.3, 0.4) is 0 Å². The van der Waals surface area contributed by atoms with Crippen molar-refractivity contribution in [3.8, 4) is 11.5 Å². The Hall–Kier alpha value is -4.85. The van der Waals surface area contributed by atoms with Crippen molar-refractivity contribution in [2.45, 2.75) is 25.4 Å². The molecule has 3 aromatic rings. The van der Waals surface area contributed by atoms with Crippen LogP contribution in [0.25, 0.3) is 0 Å². The molecule has 2 aliphatic heterocycles. The molecule has 2 atom stereocenters. The van der Waals surface area contributed by atoms with Crippen molar-refractivity contribution in [3.63, 3.8) is 0 Å². The molecule has 0 saturated carbocycles. The number of carbonyl (C=O) groups excluding carboxylic acids is 3. The van der Waals surface area contributed by atoms with Gasteiger partial charge in [0.15, 0.2) is 0 Å². The van der Waals surface area contributed by atoms with Gasteiger partial charge in [0.05, 0.1) is 23.9 Å². The van der Waals surface area contributed by atoms with Crippen molar-refractivity contribution >= 4 is 17.8 Å². The summed E-state index contributed by atoms with van der Waals surface area (Å²) in [6.45, 7) is 6.39. The third-order valence-electron chi connectivity index (χ3n) is 7.11. The summed E-state index contributed by atoms with van der Waals surface area (Å²) in [6.07, 6.45) is 1.95. The van der Waals surface area contributed by atoms with E-state index in [0.29, 0.717) is 35.7 Å². The Balaban J connectivity index is 1.49. The molecule has 8 heteroatoms. The molecule has 0 saturated heterocycles. The molecule has 4 amide bonds. The van der Waals surface area contributed by atoms with Gasteiger partial charge >= 0.3 is 6.03 Å². The zero-order valence-corrected chi connectivity index (χ0v) is 22.4. The molecule has 2 N–H and O–H groups in total. The first-order valence-electron chi connectivity index (χ1n) is 13.4. The zero-order chi connectivity index (χ0) is 28.1. The summed E-state index contributed by atoms with van der Waals surface area (Å²) in [4.78, 5) is 43.8. The predicted molar refractivity (Wildman–Crippen MR) is 152 cm³/mol. The number of carbonyl (C=O) groups is 3. The van der Waals surface area contributed by atoms with Crippen molar-refractivity contribution < 1.29 is 19.1 Å². The average Bonchev–Trinajstić information content (AvgIpc) is 3.31. The second-order valence-corrected chi connectivity index (χ2v) is 9.65. The summed E-state index contributed by atoms with van der Waals surface area (Å²) < 4.78 is 6.02. The van der Waals surface area contributed by atoms with E-state index in [2.05, 4.69) is 17.2 Å². The maximum atomic E-state index is 14.1. The van der Waals surface area contributed by atoms with Crippen molar-refractivity contribution in [2.75, 3.05) is 19.6 Å². The molecule has 0 bridgehead atoms. The van der Waals surface area contributed by atoms with Crippen molar-refractivity contribution in [2.24, 2.45) is 0 Å². The van der Waals surface area contributed by atoms with Gasteiger partial charge in [-0.15, -0.1) is 6.58 Å². The van der Waals surface area contributed by atoms with Crippen LogP contribution >= 0.6 is 0 Å². The minimum atomic E-state index is -0.761. The summed E-state index contributed by atoms with van der Waals surface area (Å²) in [5.74, 6) is 0.726. The van der Waals surface area contributed by atoms with Crippen molar-refractivity contribution in [1.29, 1.82) is 0 Å². The van der Waals surface area contributed by atoms with Gasteiger partial charge in [-0.25, -0.2) is 4.79 Å². The van der Waals surface area contributed by atoms with Crippen LogP contribution < -0.4 is 15.4 Å². The molecule has 204 valence electrons. The number of benzene rings is 3. The fourth-order valence-corrected chi connectivity index (χ4v) is 5.20. The Kier molecular flexibility index (Phi) is 7.96. The second kappa shape index (κ2) is 11.9. The highest BCUT2D eigenvalue weighted by Gasteiger charge is 2.46. The number of hydrogen-bond acceptors (Lipinski definition) is 4. The topological polar surface area (TPSA) is 91.0 Å². The summed E-state index contributed by atoms with van der Waals surface area (Å²) in [5.41, 5.74) is 2.73. The fourth-order valence-electron chi connectivity index (χ4n) is 5.20. The summed E-state index contributed by atoms with van der Waals surface area (Å²) in [5, 5.41) is 5.87. The molecule has 3 aromatic carbocycles. The smallest absolute Gasteiger partial charge is 0.322 e. The molecule has 0 radical (unpaired) electrons. The Morgan fingerprint density at radius 2 is 1.75 bits per heavy atom. The molecule has 5 rings (SSSR count).